The smallest absolute Gasteiger partial charge is 0.126 e. The van der Waals surface area contributed by atoms with Crippen molar-refractivity contribution in [2.45, 2.75) is 33.1 Å². The van der Waals surface area contributed by atoms with Crippen LogP contribution in [0.15, 0.2) is 12.1 Å². The third-order valence-corrected chi connectivity index (χ3v) is 3.53. The molecule has 20 heavy (non-hydrogen) atoms. The van der Waals surface area contributed by atoms with Gasteiger partial charge in [0.05, 0.1) is 6.61 Å². The highest BCUT2D eigenvalue weighted by molar-refractivity contribution is 5.25. The van der Waals surface area contributed by atoms with Gasteiger partial charge in [0.25, 0.3) is 0 Å². The van der Waals surface area contributed by atoms with E-state index in [1.54, 1.807) is 14.0 Å². The Morgan fingerprint density at radius 2 is 1.90 bits per heavy atom. The molecule has 0 aliphatic heterocycles. The van der Waals surface area contributed by atoms with E-state index in [1.807, 2.05) is 0 Å². The highest BCUT2D eigenvalue weighted by Crippen LogP contribution is 2.18. The first-order chi connectivity index (χ1) is 9.54. The number of methoxy groups -OCH3 is 1. The molecule has 0 saturated carbocycles. The van der Waals surface area contributed by atoms with Crippen LogP contribution in [0.25, 0.3) is 0 Å². The lowest BCUT2D eigenvalue weighted by Gasteiger charge is -2.12. The number of hydrogen-bond acceptors (Lipinski definition) is 2. The van der Waals surface area contributed by atoms with E-state index in [1.165, 1.54) is 12.1 Å². The fourth-order valence-electron chi connectivity index (χ4n) is 2.07. The van der Waals surface area contributed by atoms with Crippen molar-refractivity contribution in [2.75, 3.05) is 26.8 Å². The van der Waals surface area contributed by atoms with Crippen LogP contribution in [0.1, 0.15) is 30.9 Å². The molecule has 1 atom stereocenters. The Labute approximate surface area is 120 Å². The molecule has 0 radical (unpaired) electrons. The normalized spacial score (nSPS) is 12.7. The Bertz CT molecular complexity index is 410. The molecule has 0 aromatic heterocycles. The Morgan fingerprint density at radius 1 is 1.15 bits per heavy atom. The zero-order valence-electron chi connectivity index (χ0n) is 12.6. The molecule has 4 heteroatoms. The highest BCUT2D eigenvalue weighted by atomic mass is 19.1. The van der Waals surface area contributed by atoms with Gasteiger partial charge in [0, 0.05) is 13.7 Å². The first-order valence-electron chi connectivity index (χ1n) is 7.18. The lowest BCUT2D eigenvalue weighted by atomic mass is 9.97. The van der Waals surface area contributed by atoms with E-state index in [0.29, 0.717) is 30.1 Å². The first-order valence-corrected chi connectivity index (χ1v) is 7.18. The fraction of sp³-hybridized carbons (Fsp3) is 0.625. The second-order valence-corrected chi connectivity index (χ2v) is 5.37. The predicted octanol–water partition coefficient (Wildman–Crippen LogP) is 3.47. The van der Waals surface area contributed by atoms with E-state index in [2.05, 4.69) is 12.2 Å². The van der Waals surface area contributed by atoms with Gasteiger partial charge in [-0.25, -0.2) is 8.78 Å². The molecule has 0 heterocycles. The van der Waals surface area contributed by atoms with Gasteiger partial charge in [-0.05, 0) is 61.9 Å². The SMILES string of the molecule is COCCNCCC(C)CCc1cc(F)c(C)cc1F. The van der Waals surface area contributed by atoms with Gasteiger partial charge in [0.15, 0.2) is 0 Å². The van der Waals surface area contributed by atoms with E-state index in [-0.39, 0.29) is 11.6 Å². The molecule has 0 saturated heterocycles. The summed E-state index contributed by atoms with van der Waals surface area (Å²) in [5, 5.41) is 3.28. The van der Waals surface area contributed by atoms with Gasteiger partial charge in [-0.1, -0.05) is 6.92 Å². The van der Waals surface area contributed by atoms with Gasteiger partial charge in [-0.15, -0.1) is 0 Å². The van der Waals surface area contributed by atoms with E-state index < -0.39 is 0 Å². The van der Waals surface area contributed by atoms with E-state index in [4.69, 9.17) is 4.74 Å². The number of ether oxygens (including phenoxy) is 1. The zero-order valence-corrected chi connectivity index (χ0v) is 12.6. The molecule has 2 nitrogen and oxygen atoms in total. The maximum atomic E-state index is 13.7. The molecule has 114 valence electrons. The molecule has 0 bridgehead atoms. The molecule has 1 aromatic carbocycles. The van der Waals surface area contributed by atoms with Crippen LogP contribution in [0.2, 0.25) is 0 Å². The largest absolute Gasteiger partial charge is 0.383 e. The molecule has 0 aliphatic rings. The Kier molecular flexibility index (Phi) is 7.70. The summed E-state index contributed by atoms with van der Waals surface area (Å²) >= 11 is 0. The number of hydrogen-bond donors (Lipinski definition) is 1. The van der Waals surface area contributed by atoms with E-state index in [9.17, 15) is 8.78 Å². The summed E-state index contributed by atoms with van der Waals surface area (Å²) < 4.78 is 32.0. The summed E-state index contributed by atoms with van der Waals surface area (Å²) in [4.78, 5) is 0. The van der Waals surface area contributed by atoms with Crippen LogP contribution in [0.3, 0.4) is 0 Å². The summed E-state index contributed by atoms with van der Waals surface area (Å²) in [6.07, 6.45) is 2.48. The van der Waals surface area contributed by atoms with Crippen molar-refractivity contribution in [1.29, 1.82) is 0 Å². The van der Waals surface area contributed by atoms with Gasteiger partial charge in [-0.2, -0.15) is 0 Å². The Hall–Kier alpha value is -1.00. The molecule has 0 spiro atoms. The number of nitrogens with one attached hydrogen (secondary N) is 1. The standard InChI is InChI=1S/C16H25F2NO/c1-12(6-7-19-8-9-20-3)4-5-14-11-15(17)13(2)10-16(14)18/h10-12,19H,4-9H2,1-3H3. The molecule has 1 unspecified atom stereocenters. The van der Waals surface area contributed by atoms with Crippen molar-refractivity contribution < 1.29 is 13.5 Å². The van der Waals surface area contributed by atoms with Gasteiger partial charge in [-0.3, -0.25) is 0 Å². The number of aryl methyl sites for hydroxylation is 2. The van der Waals surface area contributed by atoms with Crippen LogP contribution in [0.5, 0.6) is 0 Å². The molecule has 0 aliphatic carbocycles. The monoisotopic (exact) mass is 285 g/mol. The van der Waals surface area contributed by atoms with Gasteiger partial charge < -0.3 is 10.1 Å². The Balaban J connectivity index is 2.30. The van der Waals surface area contributed by atoms with Crippen molar-refractivity contribution in [3.05, 3.63) is 34.9 Å². The highest BCUT2D eigenvalue weighted by Gasteiger charge is 2.09. The lowest BCUT2D eigenvalue weighted by molar-refractivity contribution is 0.199. The number of rotatable bonds is 9. The summed E-state index contributed by atoms with van der Waals surface area (Å²) in [5.74, 6) is -0.140. The van der Waals surface area contributed by atoms with Gasteiger partial charge in [0.1, 0.15) is 11.6 Å². The second-order valence-electron chi connectivity index (χ2n) is 5.37. The quantitative estimate of drug-likeness (QED) is 0.702. The molecular formula is C16H25F2NO. The number of halogens is 2. The number of benzene rings is 1. The van der Waals surface area contributed by atoms with Crippen molar-refractivity contribution in [3.63, 3.8) is 0 Å². The zero-order chi connectivity index (χ0) is 15.0. The second kappa shape index (κ2) is 9.03. The van der Waals surface area contributed by atoms with Crippen molar-refractivity contribution in [3.8, 4) is 0 Å². The van der Waals surface area contributed by atoms with Crippen molar-refractivity contribution in [2.24, 2.45) is 5.92 Å². The predicted molar refractivity (Wildman–Crippen MR) is 77.9 cm³/mol. The van der Waals surface area contributed by atoms with Crippen molar-refractivity contribution in [1.82, 2.24) is 5.32 Å². The summed E-state index contributed by atoms with van der Waals surface area (Å²) in [6, 6.07) is 2.61. The molecule has 0 fully saturated rings. The van der Waals surface area contributed by atoms with Crippen molar-refractivity contribution >= 4 is 0 Å². The maximum absolute atomic E-state index is 13.7. The van der Waals surface area contributed by atoms with Crippen LogP contribution < -0.4 is 5.32 Å². The molecule has 1 N–H and O–H groups in total. The van der Waals surface area contributed by atoms with E-state index >= 15 is 0 Å². The molecular weight excluding hydrogens is 260 g/mol. The molecule has 0 amide bonds. The fourth-order valence-corrected chi connectivity index (χ4v) is 2.07. The minimum Gasteiger partial charge on any atom is -0.383 e. The lowest BCUT2D eigenvalue weighted by Crippen LogP contribution is -2.21. The maximum Gasteiger partial charge on any atom is 0.126 e. The third kappa shape index (κ3) is 5.97. The summed E-state index contributed by atoms with van der Waals surface area (Å²) in [5.41, 5.74) is 0.842. The average molecular weight is 285 g/mol. The van der Waals surface area contributed by atoms with Crippen LogP contribution in [-0.2, 0) is 11.2 Å². The minimum atomic E-state index is -0.324. The van der Waals surface area contributed by atoms with Crippen LogP contribution >= 0.6 is 0 Å². The van der Waals surface area contributed by atoms with Crippen LogP contribution in [0.4, 0.5) is 8.78 Å². The molecule has 1 rings (SSSR count). The van der Waals surface area contributed by atoms with E-state index in [0.717, 1.165) is 25.9 Å². The molecule has 1 aromatic rings. The Morgan fingerprint density at radius 3 is 2.60 bits per heavy atom. The van der Waals surface area contributed by atoms with Crippen LogP contribution in [-0.4, -0.2) is 26.8 Å². The topological polar surface area (TPSA) is 21.3 Å². The van der Waals surface area contributed by atoms with Crippen LogP contribution in [0, 0.1) is 24.5 Å². The van der Waals surface area contributed by atoms with Gasteiger partial charge in [0.2, 0.25) is 0 Å². The minimum absolute atomic E-state index is 0.297. The average Bonchev–Trinajstić information content (AvgIpc) is 2.41. The summed E-state index contributed by atoms with van der Waals surface area (Å²) in [6.45, 7) is 6.20. The first kappa shape index (κ1) is 17.1. The summed E-state index contributed by atoms with van der Waals surface area (Å²) in [7, 11) is 1.68. The van der Waals surface area contributed by atoms with Gasteiger partial charge >= 0.3 is 0 Å². The third-order valence-electron chi connectivity index (χ3n) is 3.53.